The Kier molecular flexibility index (Phi) is 5.78. The Balaban J connectivity index is 1.85. The van der Waals surface area contributed by atoms with Crippen LogP contribution < -0.4 is 0 Å². The number of piperazine rings is 1. The molecule has 1 saturated heterocycles. The molecule has 112 valence electrons. The molecule has 1 N–H and O–H groups in total. The maximum absolute atomic E-state index is 13.3. The van der Waals surface area contributed by atoms with Crippen LogP contribution in [0, 0.1) is 12.7 Å². The second-order valence-electron chi connectivity index (χ2n) is 5.34. The Labute approximate surface area is 124 Å². The molecule has 3 nitrogen and oxygen atoms in total. The van der Waals surface area contributed by atoms with Crippen LogP contribution in [0.25, 0.3) is 0 Å². The summed E-state index contributed by atoms with van der Waals surface area (Å²) in [5.74, 6) is -0.185. The molecular weight excluding hydrogens is 279 g/mol. The summed E-state index contributed by atoms with van der Waals surface area (Å²) in [5, 5.41) is 8.81. The van der Waals surface area contributed by atoms with Gasteiger partial charge in [0.1, 0.15) is 5.82 Å². The van der Waals surface area contributed by atoms with Crippen LogP contribution in [-0.4, -0.2) is 60.8 Å². The number of hydrogen-bond acceptors (Lipinski definition) is 3. The summed E-state index contributed by atoms with van der Waals surface area (Å²) >= 11 is 6.44. The van der Waals surface area contributed by atoms with Gasteiger partial charge in [0.05, 0.1) is 12.0 Å². The van der Waals surface area contributed by atoms with Crippen molar-refractivity contribution >= 4 is 11.6 Å². The topological polar surface area (TPSA) is 26.7 Å². The zero-order valence-corrected chi connectivity index (χ0v) is 12.6. The smallest absolute Gasteiger partial charge is 0.126 e. The van der Waals surface area contributed by atoms with E-state index in [0.717, 1.165) is 44.8 Å². The van der Waals surface area contributed by atoms with Crippen LogP contribution in [-0.2, 0) is 0 Å². The summed E-state index contributed by atoms with van der Waals surface area (Å²) in [6.45, 7) is 7.35. The SMILES string of the molecule is Cc1cc(C(Cl)CN2CCN(CCO)CC2)ccc1F. The second-order valence-corrected chi connectivity index (χ2v) is 5.87. The fourth-order valence-electron chi connectivity index (χ4n) is 2.53. The van der Waals surface area contributed by atoms with Crippen LogP contribution in [0.5, 0.6) is 0 Å². The maximum Gasteiger partial charge on any atom is 0.126 e. The van der Waals surface area contributed by atoms with E-state index >= 15 is 0 Å². The van der Waals surface area contributed by atoms with Gasteiger partial charge in [-0.2, -0.15) is 0 Å². The lowest BCUT2D eigenvalue weighted by molar-refractivity contribution is 0.112. The first-order chi connectivity index (χ1) is 9.60. The molecule has 0 bridgehead atoms. The molecule has 1 aromatic rings. The van der Waals surface area contributed by atoms with Crippen molar-refractivity contribution in [1.29, 1.82) is 0 Å². The highest BCUT2D eigenvalue weighted by molar-refractivity contribution is 6.21. The lowest BCUT2D eigenvalue weighted by atomic mass is 10.1. The van der Waals surface area contributed by atoms with E-state index in [1.165, 1.54) is 6.07 Å². The van der Waals surface area contributed by atoms with Crippen molar-refractivity contribution < 1.29 is 9.50 Å². The molecule has 20 heavy (non-hydrogen) atoms. The van der Waals surface area contributed by atoms with Gasteiger partial charge in [0, 0.05) is 39.3 Å². The lowest BCUT2D eigenvalue weighted by Gasteiger charge is -2.35. The average molecular weight is 301 g/mol. The van der Waals surface area contributed by atoms with Gasteiger partial charge in [0.15, 0.2) is 0 Å². The van der Waals surface area contributed by atoms with E-state index in [4.69, 9.17) is 16.7 Å². The van der Waals surface area contributed by atoms with E-state index in [1.807, 2.05) is 6.07 Å². The third-order valence-corrected chi connectivity index (χ3v) is 4.23. The zero-order chi connectivity index (χ0) is 14.5. The van der Waals surface area contributed by atoms with E-state index in [2.05, 4.69) is 9.80 Å². The number of aliphatic hydroxyl groups excluding tert-OH is 1. The molecule has 0 radical (unpaired) electrons. The van der Waals surface area contributed by atoms with Gasteiger partial charge in [0.2, 0.25) is 0 Å². The van der Waals surface area contributed by atoms with Gasteiger partial charge in [-0.1, -0.05) is 12.1 Å². The molecule has 0 aliphatic carbocycles. The number of benzene rings is 1. The third kappa shape index (κ3) is 4.16. The van der Waals surface area contributed by atoms with Gasteiger partial charge in [0.25, 0.3) is 0 Å². The van der Waals surface area contributed by atoms with Crippen molar-refractivity contribution in [2.24, 2.45) is 0 Å². The second kappa shape index (κ2) is 7.36. The molecule has 1 unspecified atom stereocenters. The third-order valence-electron chi connectivity index (χ3n) is 3.84. The maximum atomic E-state index is 13.3. The monoisotopic (exact) mass is 300 g/mol. The highest BCUT2D eigenvalue weighted by atomic mass is 35.5. The minimum Gasteiger partial charge on any atom is -0.395 e. The van der Waals surface area contributed by atoms with Crippen molar-refractivity contribution in [1.82, 2.24) is 9.80 Å². The van der Waals surface area contributed by atoms with Gasteiger partial charge in [-0.3, -0.25) is 9.80 Å². The first-order valence-corrected chi connectivity index (χ1v) is 7.49. The lowest BCUT2D eigenvalue weighted by Crippen LogP contribution is -2.47. The molecule has 2 rings (SSSR count). The largest absolute Gasteiger partial charge is 0.395 e. The van der Waals surface area contributed by atoms with E-state index in [1.54, 1.807) is 13.0 Å². The molecule has 1 heterocycles. The van der Waals surface area contributed by atoms with Crippen LogP contribution in [0.1, 0.15) is 16.5 Å². The minimum absolute atomic E-state index is 0.112. The van der Waals surface area contributed by atoms with Crippen LogP contribution >= 0.6 is 11.6 Å². The number of β-amino-alcohol motifs (C(OH)–C–C–N with tert-alkyl or cyclic N) is 1. The molecule has 0 spiro atoms. The quantitative estimate of drug-likeness (QED) is 0.843. The van der Waals surface area contributed by atoms with E-state index in [-0.39, 0.29) is 17.8 Å². The number of nitrogens with zero attached hydrogens (tertiary/aromatic N) is 2. The van der Waals surface area contributed by atoms with Gasteiger partial charge in [-0.15, -0.1) is 11.6 Å². The van der Waals surface area contributed by atoms with E-state index in [0.29, 0.717) is 5.56 Å². The molecule has 1 aliphatic rings. The number of aliphatic hydroxyl groups is 1. The zero-order valence-electron chi connectivity index (χ0n) is 11.9. The first kappa shape index (κ1) is 15.7. The van der Waals surface area contributed by atoms with Crippen LogP contribution in [0.15, 0.2) is 18.2 Å². The predicted octanol–water partition coefficient (Wildman–Crippen LogP) is 2.02. The number of aryl methyl sites for hydroxylation is 1. The van der Waals surface area contributed by atoms with E-state index < -0.39 is 0 Å². The fourth-order valence-corrected chi connectivity index (χ4v) is 2.86. The minimum atomic E-state index is -0.185. The molecule has 0 amide bonds. The van der Waals surface area contributed by atoms with Crippen molar-refractivity contribution in [2.45, 2.75) is 12.3 Å². The van der Waals surface area contributed by atoms with Gasteiger partial charge >= 0.3 is 0 Å². The Bertz CT molecular complexity index is 436. The van der Waals surface area contributed by atoms with Crippen LogP contribution in [0.4, 0.5) is 4.39 Å². The Morgan fingerprint density at radius 1 is 1.25 bits per heavy atom. The van der Waals surface area contributed by atoms with Crippen molar-refractivity contribution in [3.63, 3.8) is 0 Å². The van der Waals surface area contributed by atoms with Crippen molar-refractivity contribution in [3.8, 4) is 0 Å². The van der Waals surface area contributed by atoms with Gasteiger partial charge < -0.3 is 5.11 Å². The Morgan fingerprint density at radius 3 is 2.50 bits per heavy atom. The fraction of sp³-hybridized carbons (Fsp3) is 0.600. The summed E-state index contributed by atoms with van der Waals surface area (Å²) in [4.78, 5) is 4.58. The molecule has 1 aliphatic heterocycles. The summed E-state index contributed by atoms with van der Waals surface area (Å²) < 4.78 is 13.3. The highest BCUT2D eigenvalue weighted by Gasteiger charge is 2.19. The van der Waals surface area contributed by atoms with Crippen molar-refractivity contribution in [3.05, 3.63) is 35.1 Å². The van der Waals surface area contributed by atoms with Gasteiger partial charge in [-0.05, 0) is 24.1 Å². The normalized spacial score (nSPS) is 19.2. The Morgan fingerprint density at radius 2 is 1.90 bits per heavy atom. The molecule has 1 aromatic carbocycles. The summed E-state index contributed by atoms with van der Waals surface area (Å²) in [6, 6.07) is 5.08. The molecule has 0 saturated carbocycles. The summed E-state index contributed by atoms with van der Waals surface area (Å²) in [5.41, 5.74) is 1.62. The summed E-state index contributed by atoms with van der Waals surface area (Å²) in [7, 11) is 0. The number of rotatable bonds is 5. The van der Waals surface area contributed by atoms with Gasteiger partial charge in [-0.25, -0.2) is 4.39 Å². The van der Waals surface area contributed by atoms with Crippen molar-refractivity contribution in [2.75, 3.05) is 45.9 Å². The number of alkyl halides is 1. The molecular formula is C15H22ClFN2O. The first-order valence-electron chi connectivity index (χ1n) is 7.06. The molecule has 1 fully saturated rings. The molecule has 5 heteroatoms. The van der Waals surface area contributed by atoms with E-state index in [9.17, 15) is 4.39 Å². The molecule has 1 atom stereocenters. The average Bonchev–Trinajstić information content (AvgIpc) is 2.44. The standard InChI is InChI=1S/C15H22ClFN2O/c1-12-10-13(2-3-15(12)17)14(16)11-19-6-4-18(5-7-19)8-9-20/h2-3,10,14,20H,4-9,11H2,1H3. The van der Waals surface area contributed by atoms with Crippen LogP contribution in [0.3, 0.4) is 0 Å². The highest BCUT2D eigenvalue weighted by Crippen LogP contribution is 2.24. The summed E-state index contributed by atoms with van der Waals surface area (Å²) in [6.07, 6.45) is 0. The number of hydrogen-bond donors (Lipinski definition) is 1. The number of halogens is 2. The predicted molar refractivity (Wildman–Crippen MR) is 79.7 cm³/mol. The molecule has 0 aromatic heterocycles. The Hall–Kier alpha value is -0.680. The van der Waals surface area contributed by atoms with Crippen LogP contribution in [0.2, 0.25) is 0 Å².